The molecule has 37 heavy (non-hydrogen) atoms. The number of methoxy groups -OCH3 is 1. The summed E-state index contributed by atoms with van der Waals surface area (Å²) in [5.74, 6) is 4.24. The quantitative estimate of drug-likeness (QED) is 0.368. The SMILES string of the molecule is COc1ccccc1CNc1ncc(C#N)c(NC[C@@]23CC4C[C@H](C2)[C@@H](N(C)CCCCO)[C@@H](C4)C3)n1. The Balaban J connectivity index is 1.24. The monoisotopic (exact) mass is 504 g/mol. The van der Waals surface area contributed by atoms with E-state index < -0.39 is 0 Å². The number of aliphatic hydroxyl groups is 1. The van der Waals surface area contributed by atoms with Gasteiger partial charge in [-0.05, 0) is 87.8 Å². The first kappa shape index (κ1) is 25.7. The van der Waals surface area contributed by atoms with Crippen LogP contribution in [-0.4, -0.2) is 59.9 Å². The highest BCUT2D eigenvalue weighted by molar-refractivity contribution is 5.53. The van der Waals surface area contributed by atoms with Crippen LogP contribution in [0.5, 0.6) is 5.75 Å². The molecule has 1 unspecified atom stereocenters. The number of unbranched alkanes of at least 4 members (excludes halogenated alkanes) is 1. The van der Waals surface area contributed by atoms with Crippen LogP contribution in [0, 0.1) is 34.5 Å². The van der Waals surface area contributed by atoms with Crippen molar-refractivity contribution >= 4 is 11.8 Å². The summed E-state index contributed by atoms with van der Waals surface area (Å²) in [6.45, 7) is 2.76. The van der Waals surface area contributed by atoms with Gasteiger partial charge >= 0.3 is 0 Å². The maximum Gasteiger partial charge on any atom is 0.224 e. The second-order valence-corrected chi connectivity index (χ2v) is 11.5. The van der Waals surface area contributed by atoms with Crippen LogP contribution in [0.3, 0.4) is 0 Å². The van der Waals surface area contributed by atoms with Gasteiger partial charge in [0.2, 0.25) is 5.95 Å². The fourth-order valence-electron chi connectivity index (χ4n) is 7.70. The number of anilines is 2. The van der Waals surface area contributed by atoms with Gasteiger partial charge in [0.1, 0.15) is 23.2 Å². The molecule has 4 aliphatic carbocycles. The molecule has 8 nitrogen and oxygen atoms in total. The Kier molecular flexibility index (Phi) is 7.82. The summed E-state index contributed by atoms with van der Waals surface area (Å²) in [5.41, 5.74) is 1.78. The van der Waals surface area contributed by atoms with Crippen molar-refractivity contribution in [3.8, 4) is 11.8 Å². The molecule has 1 aromatic heterocycles. The minimum atomic E-state index is 0.279. The van der Waals surface area contributed by atoms with E-state index in [2.05, 4.69) is 33.6 Å². The van der Waals surface area contributed by atoms with Crippen molar-refractivity contribution in [1.29, 1.82) is 5.26 Å². The maximum atomic E-state index is 9.70. The molecule has 0 aliphatic heterocycles. The highest BCUT2D eigenvalue weighted by Gasteiger charge is 2.55. The van der Waals surface area contributed by atoms with Gasteiger partial charge < -0.3 is 25.4 Å². The van der Waals surface area contributed by atoms with Crippen LogP contribution in [0.25, 0.3) is 0 Å². The minimum Gasteiger partial charge on any atom is -0.496 e. The van der Waals surface area contributed by atoms with Gasteiger partial charge in [0, 0.05) is 31.3 Å². The number of aliphatic hydroxyl groups excluding tert-OH is 1. The molecule has 1 heterocycles. The molecule has 198 valence electrons. The van der Waals surface area contributed by atoms with E-state index in [9.17, 15) is 10.4 Å². The number of ether oxygens (including phenoxy) is 1. The molecule has 6 rings (SSSR count). The maximum absolute atomic E-state index is 9.70. The molecule has 2 aromatic rings. The van der Waals surface area contributed by atoms with Gasteiger partial charge in [0.05, 0.1) is 13.3 Å². The molecular formula is C29H40N6O2. The Labute approximate surface area is 220 Å². The summed E-state index contributed by atoms with van der Waals surface area (Å²) >= 11 is 0. The van der Waals surface area contributed by atoms with E-state index in [1.54, 1.807) is 13.3 Å². The number of benzene rings is 1. The highest BCUT2D eigenvalue weighted by atomic mass is 16.5. The average molecular weight is 505 g/mol. The van der Waals surface area contributed by atoms with Gasteiger partial charge in [-0.15, -0.1) is 0 Å². The Morgan fingerprint density at radius 2 is 1.95 bits per heavy atom. The van der Waals surface area contributed by atoms with Crippen molar-refractivity contribution in [2.75, 3.05) is 44.5 Å². The number of nitrogens with zero attached hydrogens (tertiary/aromatic N) is 4. The largest absolute Gasteiger partial charge is 0.496 e. The molecule has 0 spiro atoms. The number of rotatable bonds is 12. The smallest absolute Gasteiger partial charge is 0.224 e. The van der Waals surface area contributed by atoms with Gasteiger partial charge in [0.25, 0.3) is 0 Å². The summed E-state index contributed by atoms with van der Waals surface area (Å²) in [4.78, 5) is 11.6. The van der Waals surface area contributed by atoms with E-state index >= 15 is 0 Å². The lowest BCUT2D eigenvalue weighted by molar-refractivity contribution is -0.101. The highest BCUT2D eigenvalue weighted by Crippen LogP contribution is 2.61. The van der Waals surface area contributed by atoms with Crippen LogP contribution in [0.15, 0.2) is 30.5 Å². The van der Waals surface area contributed by atoms with Crippen molar-refractivity contribution in [2.45, 2.75) is 57.5 Å². The first-order valence-corrected chi connectivity index (χ1v) is 13.7. The molecule has 3 N–H and O–H groups in total. The van der Waals surface area contributed by atoms with Crippen molar-refractivity contribution in [3.63, 3.8) is 0 Å². The number of hydrogen-bond acceptors (Lipinski definition) is 8. The summed E-state index contributed by atoms with van der Waals surface area (Å²) in [6.07, 6.45) is 10.0. The second kappa shape index (κ2) is 11.2. The molecule has 0 radical (unpaired) electrons. The Morgan fingerprint density at radius 1 is 1.16 bits per heavy atom. The lowest BCUT2D eigenvalue weighted by Crippen LogP contribution is -2.60. The Hall–Kier alpha value is -2.89. The van der Waals surface area contributed by atoms with Crippen molar-refractivity contribution in [1.82, 2.24) is 14.9 Å². The van der Waals surface area contributed by atoms with Gasteiger partial charge in [-0.3, -0.25) is 0 Å². The molecule has 4 saturated carbocycles. The zero-order chi connectivity index (χ0) is 25.8. The molecule has 0 amide bonds. The van der Waals surface area contributed by atoms with E-state index in [0.717, 1.165) is 55.0 Å². The molecular weight excluding hydrogens is 464 g/mol. The fourth-order valence-corrected chi connectivity index (χ4v) is 7.70. The third-order valence-electron chi connectivity index (χ3n) is 8.95. The summed E-state index contributed by atoms with van der Waals surface area (Å²) in [6, 6.07) is 10.8. The normalized spacial score (nSPS) is 27.8. The van der Waals surface area contributed by atoms with Crippen LogP contribution in [0.2, 0.25) is 0 Å². The average Bonchev–Trinajstić information content (AvgIpc) is 2.90. The van der Waals surface area contributed by atoms with Crippen LogP contribution in [0.1, 0.15) is 56.1 Å². The number of hydrogen-bond donors (Lipinski definition) is 3. The predicted molar refractivity (Wildman–Crippen MR) is 144 cm³/mol. The molecule has 1 aromatic carbocycles. The fraction of sp³-hybridized carbons (Fsp3) is 0.621. The van der Waals surface area contributed by atoms with E-state index in [-0.39, 0.29) is 12.0 Å². The molecule has 5 atom stereocenters. The standard InChI is InChI=1S/C29H40N6O2/c1-35(9-5-6-10-36)26-22-11-20-12-23(26)15-29(13-20,14-22)19-33-27-24(16-30)18-32-28(34-27)31-17-21-7-3-4-8-25(21)37-2/h3-4,7-8,18,20,22-23,26,36H,5-6,9-15,17,19H2,1-2H3,(H2,31,32,33,34)/t20?,22-,23+,26-,29+. The lowest BCUT2D eigenvalue weighted by Gasteiger charge is -2.62. The van der Waals surface area contributed by atoms with E-state index in [1.807, 2.05) is 24.3 Å². The van der Waals surface area contributed by atoms with Crippen LogP contribution >= 0.6 is 0 Å². The first-order valence-electron chi connectivity index (χ1n) is 13.7. The van der Waals surface area contributed by atoms with E-state index in [0.29, 0.717) is 29.9 Å². The third-order valence-corrected chi connectivity index (χ3v) is 8.95. The zero-order valence-corrected chi connectivity index (χ0v) is 22.1. The van der Waals surface area contributed by atoms with Gasteiger partial charge in [0.15, 0.2) is 0 Å². The Morgan fingerprint density at radius 3 is 2.68 bits per heavy atom. The second-order valence-electron chi connectivity index (χ2n) is 11.5. The third kappa shape index (κ3) is 5.53. The van der Waals surface area contributed by atoms with E-state index in [4.69, 9.17) is 9.72 Å². The van der Waals surface area contributed by atoms with Crippen molar-refractivity contribution in [3.05, 3.63) is 41.6 Å². The molecule has 4 bridgehead atoms. The topological polar surface area (TPSA) is 106 Å². The number of para-hydroxylation sites is 1. The molecule has 4 aliphatic rings. The van der Waals surface area contributed by atoms with Gasteiger partial charge in [-0.1, -0.05) is 18.2 Å². The van der Waals surface area contributed by atoms with Crippen LogP contribution in [-0.2, 0) is 6.54 Å². The van der Waals surface area contributed by atoms with Crippen molar-refractivity contribution in [2.24, 2.45) is 23.2 Å². The van der Waals surface area contributed by atoms with Gasteiger partial charge in [-0.2, -0.15) is 10.2 Å². The number of nitrogens with one attached hydrogen (secondary N) is 2. The van der Waals surface area contributed by atoms with Crippen molar-refractivity contribution < 1.29 is 9.84 Å². The summed E-state index contributed by atoms with van der Waals surface area (Å²) < 4.78 is 5.45. The van der Waals surface area contributed by atoms with Crippen LogP contribution in [0.4, 0.5) is 11.8 Å². The number of nitriles is 1. The Bertz CT molecular complexity index is 1100. The summed E-state index contributed by atoms with van der Waals surface area (Å²) in [5, 5.41) is 25.8. The molecule has 0 saturated heterocycles. The lowest BCUT2D eigenvalue weighted by atomic mass is 9.47. The van der Waals surface area contributed by atoms with E-state index in [1.165, 1.54) is 32.1 Å². The van der Waals surface area contributed by atoms with Gasteiger partial charge in [-0.25, -0.2) is 4.98 Å². The molecule has 4 fully saturated rings. The summed E-state index contributed by atoms with van der Waals surface area (Å²) in [7, 11) is 3.95. The predicted octanol–water partition coefficient (Wildman–Crippen LogP) is 4.28. The first-order chi connectivity index (χ1) is 18.0. The zero-order valence-electron chi connectivity index (χ0n) is 22.1. The minimum absolute atomic E-state index is 0.279. The molecule has 8 heteroatoms. The number of aromatic nitrogens is 2. The van der Waals surface area contributed by atoms with Crippen LogP contribution < -0.4 is 15.4 Å².